The fourth-order valence-electron chi connectivity index (χ4n) is 4.03. The van der Waals surface area contributed by atoms with E-state index in [-0.39, 0.29) is 6.03 Å². The molecule has 5 nitrogen and oxygen atoms in total. The second kappa shape index (κ2) is 9.42. The highest BCUT2D eigenvalue weighted by atomic mass is 32.1. The summed E-state index contributed by atoms with van der Waals surface area (Å²) in [4.78, 5) is 18.6. The van der Waals surface area contributed by atoms with Gasteiger partial charge in [-0.25, -0.2) is 4.79 Å². The molecule has 4 aromatic rings. The predicted molar refractivity (Wildman–Crippen MR) is 131 cm³/mol. The number of urea groups is 1. The van der Waals surface area contributed by atoms with Crippen LogP contribution in [0.4, 0.5) is 9.80 Å². The van der Waals surface area contributed by atoms with Crippen molar-refractivity contribution in [3.05, 3.63) is 96.8 Å². The Morgan fingerprint density at radius 2 is 1.50 bits per heavy atom. The quantitative estimate of drug-likeness (QED) is 0.440. The number of thiophene rings is 1. The molecule has 6 heteroatoms. The molecule has 2 amide bonds. The van der Waals surface area contributed by atoms with Crippen LogP contribution in [-0.4, -0.2) is 46.6 Å². The number of aromatic nitrogens is 1. The Labute approximate surface area is 192 Å². The molecule has 0 radical (unpaired) electrons. The van der Waals surface area contributed by atoms with Crippen LogP contribution < -0.4 is 5.32 Å². The van der Waals surface area contributed by atoms with Gasteiger partial charge in [0.1, 0.15) is 5.00 Å². The van der Waals surface area contributed by atoms with Crippen molar-refractivity contribution < 1.29 is 4.79 Å². The maximum absolute atomic E-state index is 13.1. The van der Waals surface area contributed by atoms with E-state index in [1.807, 2.05) is 53.7 Å². The van der Waals surface area contributed by atoms with Crippen LogP contribution in [0.1, 0.15) is 5.56 Å². The van der Waals surface area contributed by atoms with E-state index in [4.69, 9.17) is 0 Å². The van der Waals surface area contributed by atoms with E-state index in [0.717, 1.165) is 53.9 Å². The average molecular weight is 443 g/mol. The molecule has 162 valence electrons. The molecule has 3 heterocycles. The van der Waals surface area contributed by atoms with Gasteiger partial charge in [-0.05, 0) is 29.3 Å². The molecule has 2 aromatic heterocycles. The Morgan fingerprint density at radius 1 is 0.844 bits per heavy atom. The summed E-state index contributed by atoms with van der Waals surface area (Å²) in [5.41, 5.74) is 3.46. The van der Waals surface area contributed by atoms with Crippen LogP contribution in [0.25, 0.3) is 16.1 Å². The van der Waals surface area contributed by atoms with Crippen LogP contribution in [-0.2, 0) is 6.54 Å². The summed E-state index contributed by atoms with van der Waals surface area (Å²) in [5, 5.41) is 4.06. The number of amides is 2. The predicted octanol–water partition coefficient (Wildman–Crippen LogP) is 5.56. The van der Waals surface area contributed by atoms with Gasteiger partial charge in [-0.3, -0.25) is 10.2 Å². The highest BCUT2D eigenvalue weighted by Gasteiger charge is 2.23. The molecular weight excluding hydrogens is 416 g/mol. The third-order valence-electron chi connectivity index (χ3n) is 5.78. The largest absolute Gasteiger partial charge is 0.322 e. The van der Waals surface area contributed by atoms with Gasteiger partial charge in [0.05, 0.1) is 5.69 Å². The Kier molecular flexibility index (Phi) is 6.05. The van der Waals surface area contributed by atoms with Crippen molar-refractivity contribution in [3.63, 3.8) is 0 Å². The van der Waals surface area contributed by atoms with Gasteiger partial charge in [0.15, 0.2) is 0 Å². The van der Waals surface area contributed by atoms with Gasteiger partial charge >= 0.3 is 6.03 Å². The van der Waals surface area contributed by atoms with E-state index in [1.54, 1.807) is 11.3 Å². The summed E-state index contributed by atoms with van der Waals surface area (Å²) >= 11 is 1.62. The molecule has 1 aliphatic rings. The second-order valence-corrected chi connectivity index (χ2v) is 9.01. The van der Waals surface area contributed by atoms with E-state index in [9.17, 15) is 4.79 Å². The molecule has 1 fully saturated rings. The number of nitrogens with zero attached hydrogens (tertiary/aromatic N) is 3. The Bertz CT molecular complexity index is 1150. The summed E-state index contributed by atoms with van der Waals surface area (Å²) in [6, 6.07) is 26.9. The monoisotopic (exact) mass is 442 g/mol. The summed E-state index contributed by atoms with van der Waals surface area (Å²) in [7, 11) is 0. The molecule has 1 saturated heterocycles. The second-order valence-electron chi connectivity index (χ2n) is 7.96. The number of anilines is 1. The minimum atomic E-state index is -0.0285. The van der Waals surface area contributed by atoms with Crippen molar-refractivity contribution in [1.29, 1.82) is 0 Å². The van der Waals surface area contributed by atoms with Crippen LogP contribution in [0.5, 0.6) is 0 Å². The van der Waals surface area contributed by atoms with Crippen molar-refractivity contribution in [2.24, 2.45) is 0 Å². The number of piperazine rings is 1. The molecule has 0 unspecified atom stereocenters. The zero-order valence-corrected chi connectivity index (χ0v) is 18.7. The Balaban J connectivity index is 1.27. The zero-order chi connectivity index (χ0) is 21.8. The molecule has 1 aliphatic heterocycles. The zero-order valence-electron chi connectivity index (χ0n) is 17.9. The van der Waals surface area contributed by atoms with Crippen molar-refractivity contribution in [1.82, 2.24) is 14.4 Å². The maximum Gasteiger partial charge on any atom is 0.322 e. The fraction of sp³-hybridized carbons (Fsp3) is 0.192. The molecule has 0 atom stereocenters. The summed E-state index contributed by atoms with van der Waals surface area (Å²) < 4.78 is 2.05. The standard InChI is InChI=1S/C26H26N4OS/c31-26(30-17-15-28(16-18-30)20-21-9-3-1-4-10-21)27-25-23(29-13-7-8-14-29)19-24(32-25)22-11-5-2-6-12-22/h1-14,19H,15-18,20H2,(H,27,31). The normalized spacial score (nSPS) is 14.4. The first kappa shape index (κ1) is 20.5. The molecule has 2 aromatic carbocycles. The first-order valence-corrected chi connectivity index (χ1v) is 11.7. The molecular formula is C26H26N4OS. The lowest BCUT2D eigenvalue weighted by atomic mass is 10.2. The van der Waals surface area contributed by atoms with Gasteiger partial charge in [0, 0.05) is 50.0 Å². The van der Waals surface area contributed by atoms with Crippen LogP contribution in [0, 0.1) is 0 Å². The molecule has 1 N–H and O–H groups in total. The van der Waals surface area contributed by atoms with Crippen LogP contribution in [0.3, 0.4) is 0 Å². The summed E-state index contributed by atoms with van der Waals surface area (Å²) in [5.74, 6) is 0. The summed E-state index contributed by atoms with van der Waals surface area (Å²) in [6.07, 6.45) is 4.02. The molecule has 32 heavy (non-hydrogen) atoms. The van der Waals surface area contributed by atoms with Crippen molar-refractivity contribution in [3.8, 4) is 16.1 Å². The average Bonchev–Trinajstić information content (AvgIpc) is 3.51. The maximum atomic E-state index is 13.1. The van der Waals surface area contributed by atoms with Gasteiger partial charge in [-0.1, -0.05) is 60.7 Å². The highest BCUT2D eigenvalue weighted by Crippen LogP contribution is 2.38. The molecule has 0 saturated carbocycles. The fourth-order valence-corrected chi connectivity index (χ4v) is 5.08. The summed E-state index contributed by atoms with van der Waals surface area (Å²) in [6.45, 7) is 4.15. The number of benzene rings is 2. The van der Waals surface area contributed by atoms with E-state index < -0.39 is 0 Å². The van der Waals surface area contributed by atoms with Gasteiger partial charge in [-0.15, -0.1) is 11.3 Å². The highest BCUT2D eigenvalue weighted by molar-refractivity contribution is 7.20. The number of hydrogen-bond donors (Lipinski definition) is 1. The molecule has 0 aliphatic carbocycles. The minimum absolute atomic E-state index is 0.0285. The van der Waals surface area contributed by atoms with Crippen molar-refractivity contribution in [2.75, 3.05) is 31.5 Å². The number of carbonyl (C=O) groups is 1. The third-order valence-corrected chi connectivity index (χ3v) is 6.87. The van der Waals surface area contributed by atoms with Crippen molar-refractivity contribution in [2.45, 2.75) is 6.54 Å². The lowest BCUT2D eigenvalue weighted by Crippen LogP contribution is -2.49. The van der Waals surface area contributed by atoms with E-state index in [2.05, 4.69) is 57.2 Å². The van der Waals surface area contributed by atoms with E-state index in [1.165, 1.54) is 5.56 Å². The lowest BCUT2D eigenvalue weighted by molar-refractivity contribution is 0.143. The third kappa shape index (κ3) is 4.61. The number of hydrogen-bond acceptors (Lipinski definition) is 3. The molecule has 0 spiro atoms. The van der Waals surface area contributed by atoms with E-state index >= 15 is 0 Å². The first-order chi connectivity index (χ1) is 15.8. The minimum Gasteiger partial charge on any atom is -0.322 e. The SMILES string of the molecule is O=C(Nc1sc(-c2ccccc2)cc1-n1cccc1)N1CCN(Cc2ccccc2)CC1. The van der Waals surface area contributed by atoms with E-state index in [0.29, 0.717) is 0 Å². The number of rotatable bonds is 5. The lowest BCUT2D eigenvalue weighted by Gasteiger charge is -2.34. The van der Waals surface area contributed by atoms with Gasteiger partial charge in [-0.2, -0.15) is 0 Å². The van der Waals surface area contributed by atoms with Crippen LogP contribution in [0.2, 0.25) is 0 Å². The number of nitrogens with one attached hydrogen (secondary N) is 1. The topological polar surface area (TPSA) is 40.5 Å². The van der Waals surface area contributed by atoms with Gasteiger partial charge in [0.2, 0.25) is 0 Å². The van der Waals surface area contributed by atoms with Crippen LogP contribution in [0.15, 0.2) is 91.3 Å². The number of carbonyl (C=O) groups excluding carboxylic acids is 1. The van der Waals surface area contributed by atoms with Gasteiger partial charge in [0.25, 0.3) is 0 Å². The van der Waals surface area contributed by atoms with Crippen molar-refractivity contribution >= 4 is 22.4 Å². The van der Waals surface area contributed by atoms with Crippen LogP contribution >= 0.6 is 11.3 Å². The first-order valence-electron chi connectivity index (χ1n) is 10.9. The Morgan fingerprint density at radius 3 is 2.19 bits per heavy atom. The Hall–Kier alpha value is -3.35. The smallest absolute Gasteiger partial charge is 0.322 e. The molecule has 5 rings (SSSR count). The molecule has 0 bridgehead atoms. The van der Waals surface area contributed by atoms with Gasteiger partial charge < -0.3 is 9.47 Å².